The van der Waals surface area contributed by atoms with Crippen LogP contribution in [0.2, 0.25) is 0 Å². The average molecular weight is 504 g/mol. The number of aryl methyl sites for hydroxylation is 1. The fraction of sp³-hybridized carbons (Fsp3) is 0.500. The number of aliphatic hydroxyl groups excluding tert-OH is 1. The van der Waals surface area contributed by atoms with Gasteiger partial charge < -0.3 is 19.6 Å². The highest BCUT2D eigenvalue weighted by Crippen LogP contribution is 2.36. The summed E-state index contributed by atoms with van der Waals surface area (Å²) in [5.74, 6) is -0.0255. The Kier molecular flexibility index (Phi) is 8.58. The molecule has 1 heterocycles. The van der Waals surface area contributed by atoms with Gasteiger partial charge in [0.15, 0.2) is 0 Å². The predicted molar refractivity (Wildman–Crippen MR) is 137 cm³/mol. The first-order valence-electron chi connectivity index (χ1n) is 11.8. The number of sulfonamides is 1. The first-order valence-corrected chi connectivity index (χ1v) is 13.3. The molecule has 2 aromatic carbocycles. The van der Waals surface area contributed by atoms with Crippen molar-refractivity contribution in [2.24, 2.45) is 5.92 Å². The van der Waals surface area contributed by atoms with Gasteiger partial charge in [-0.1, -0.05) is 42.8 Å². The molecule has 0 fully saturated rings. The van der Waals surface area contributed by atoms with E-state index in [0.29, 0.717) is 6.54 Å². The number of hydrogen-bond acceptors (Lipinski definition) is 6. The number of benzene rings is 2. The van der Waals surface area contributed by atoms with E-state index in [1.165, 1.54) is 4.31 Å². The minimum absolute atomic E-state index is 0.0466. The van der Waals surface area contributed by atoms with E-state index in [1.807, 2.05) is 57.1 Å². The minimum Gasteiger partial charge on any atom is -0.487 e. The van der Waals surface area contributed by atoms with Crippen LogP contribution in [0.15, 0.2) is 47.4 Å². The predicted octanol–water partition coefficient (Wildman–Crippen LogP) is 2.45. The summed E-state index contributed by atoms with van der Waals surface area (Å²) in [6.07, 6.45) is -0.443. The van der Waals surface area contributed by atoms with Crippen molar-refractivity contribution in [3.63, 3.8) is 0 Å². The van der Waals surface area contributed by atoms with E-state index in [1.54, 1.807) is 37.1 Å². The van der Waals surface area contributed by atoms with Gasteiger partial charge in [-0.15, -0.1) is 0 Å². The first-order chi connectivity index (χ1) is 16.4. The Morgan fingerprint density at radius 1 is 1.14 bits per heavy atom. The minimum atomic E-state index is -3.92. The lowest BCUT2D eigenvalue weighted by Crippen LogP contribution is -2.50. The number of fused-ring (bicyclic) bond motifs is 1. The molecule has 3 atom stereocenters. The van der Waals surface area contributed by atoms with Gasteiger partial charge in [0.2, 0.25) is 15.9 Å². The quantitative estimate of drug-likeness (QED) is 0.624. The van der Waals surface area contributed by atoms with Gasteiger partial charge >= 0.3 is 0 Å². The van der Waals surface area contributed by atoms with Crippen molar-refractivity contribution in [3.05, 3.63) is 48.0 Å². The molecule has 0 saturated heterocycles. The van der Waals surface area contributed by atoms with Crippen molar-refractivity contribution in [1.82, 2.24) is 14.1 Å². The van der Waals surface area contributed by atoms with Gasteiger partial charge in [0.25, 0.3) is 0 Å². The molecule has 0 radical (unpaired) electrons. The van der Waals surface area contributed by atoms with Crippen LogP contribution >= 0.6 is 0 Å². The van der Waals surface area contributed by atoms with Crippen LogP contribution in [-0.2, 0) is 14.8 Å². The first kappa shape index (κ1) is 27.1. The molecule has 1 aliphatic rings. The molecule has 0 aromatic heterocycles. The number of likely N-dealkylation sites (N-methyl/N-ethyl adjacent to an activating group) is 2. The lowest BCUT2D eigenvalue weighted by Gasteiger charge is -2.37. The standard InChI is InChI=1S/C26H37N3O5S/c1-18-7-9-21(10-8-18)22-11-12-25-23(13-22)34-24(15-28(6)26(31)16-27(4)5)19(2)14-29(20(3)17-30)35(25,32)33/h7-13,19-20,24,30H,14-17H2,1-6H3/t19-,20+,24+/m1/s1. The highest BCUT2D eigenvalue weighted by molar-refractivity contribution is 7.89. The summed E-state index contributed by atoms with van der Waals surface area (Å²) in [6, 6.07) is 12.5. The Morgan fingerprint density at radius 2 is 1.77 bits per heavy atom. The van der Waals surface area contributed by atoms with Gasteiger partial charge in [0.1, 0.15) is 16.7 Å². The van der Waals surface area contributed by atoms with E-state index < -0.39 is 22.2 Å². The van der Waals surface area contributed by atoms with Crippen molar-refractivity contribution in [1.29, 1.82) is 0 Å². The van der Waals surface area contributed by atoms with Crippen molar-refractivity contribution in [3.8, 4) is 16.9 Å². The molecule has 1 aliphatic heterocycles. The third-order valence-electron chi connectivity index (χ3n) is 6.38. The maximum absolute atomic E-state index is 13.6. The third-order valence-corrected chi connectivity index (χ3v) is 8.40. The van der Waals surface area contributed by atoms with E-state index in [4.69, 9.17) is 4.74 Å². The number of amides is 1. The molecular formula is C26H37N3O5S. The summed E-state index contributed by atoms with van der Waals surface area (Å²) < 4.78 is 35.0. The van der Waals surface area contributed by atoms with Crippen molar-refractivity contribution in [2.75, 3.05) is 47.4 Å². The number of nitrogens with zero attached hydrogens (tertiary/aromatic N) is 3. The number of carbonyl (C=O) groups excluding carboxylic acids is 1. The van der Waals surface area contributed by atoms with E-state index >= 15 is 0 Å². The van der Waals surface area contributed by atoms with Gasteiger partial charge in [-0.2, -0.15) is 4.31 Å². The van der Waals surface area contributed by atoms with Crippen LogP contribution in [-0.4, -0.2) is 93.1 Å². The number of ether oxygens (including phenoxy) is 1. The summed E-state index contributed by atoms with van der Waals surface area (Å²) in [7, 11) is 1.49. The fourth-order valence-corrected chi connectivity index (χ4v) is 5.96. The Labute approximate surface area is 209 Å². The van der Waals surface area contributed by atoms with Crippen LogP contribution in [0.5, 0.6) is 5.75 Å². The molecule has 8 nitrogen and oxygen atoms in total. The molecule has 35 heavy (non-hydrogen) atoms. The summed E-state index contributed by atoms with van der Waals surface area (Å²) in [6.45, 7) is 6.07. The molecule has 0 aliphatic carbocycles. The Morgan fingerprint density at radius 3 is 2.37 bits per heavy atom. The lowest BCUT2D eigenvalue weighted by atomic mass is 10.0. The van der Waals surface area contributed by atoms with Crippen molar-refractivity contribution in [2.45, 2.75) is 37.8 Å². The molecule has 0 unspecified atom stereocenters. The normalized spacial score (nSPS) is 20.9. The zero-order valence-electron chi connectivity index (χ0n) is 21.4. The summed E-state index contributed by atoms with van der Waals surface area (Å²) in [4.78, 5) is 16.1. The zero-order valence-corrected chi connectivity index (χ0v) is 22.2. The molecule has 0 saturated carbocycles. The molecule has 1 amide bonds. The third kappa shape index (κ3) is 6.22. The topological polar surface area (TPSA) is 90.4 Å². The second kappa shape index (κ2) is 11.1. The molecule has 3 rings (SSSR count). The van der Waals surface area contributed by atoms with Crippen LogP contribution in [0, 0.1) is 12.8 Å². The van der Waals surface area contributed by atoms with E-state index in [2.05, 4.69) is 0 Å². The molecule has 9 heteroatoms. The van der Waals surface area contributed by atoms with Gasteiger partial charge in [0.05, 0.1) is 19.7 Å². The SMILES string of the molecule is Cc1ccc(-c2ccc3c(c2)O[C@@H](CN(C)C(=O)CN(C)C)[C@H](C)CN([C@@H](C)CO)S3(=O)=O)cc1. The zero-order chi connectivity index (χ0) is 25.9. The van der Waals surface area contributed by atoms with Gasteiger partial charge in [-0.25, -0.2) is 8.42 Å². The van der Waals surface area contributed by atoms with Crippen LogP contribution < -0.4 is 4.74 Å². The summed E-state index contributed by atoms with van der Waals surface area (Å²) in [5.41, 5.74) is 2.92. The second-order valence-electron chi connectivity index (χ2n) is 9.78. The number of hydrogen-bond donors (Lipinski definition) is 1. The average Bonchev–Trinajstić information content (AvgIpc) is 2.80. The molecule has 0 spiro atoms. The van der Waals surface area contributed by atoms with E-state index in [-0.39, 0.29) is 42.2 Å². The van der Waals surface area contributed by atoms with E-state index in [0.717, 1.165) is 16.7 Å². The Hall–Kier alpha value is -2.46. The van der Waals surface area contributed by atoms with Crippen LogP contribution in [0.4, 0.5) is 0 Å². The number of aliphatic hydroxyl groups is 1. The van der Waals surface area contributed by atoms with E-state index in [9.17, 15) is 18.3 Å². The molecule has 1 N–H and O–H groups in total. The number of carbonyl (C=O) groups is 1. The van der Waals surface area contributed by atoms with Crippen LogP contribution in [0.25, 0.3) is 11.1 Å². The summed E-state index contributed by atoms with van der Waals surface area (Å²) in [5, 5.41) is 9.80. The lowest BCUT2D eigenvalue weighted by molar-refractivity contribution is -0.132. The highest BCUT2D eigenvalue weighted by atomic mass is 32.2. The largest absolute Gasteiger partial charge is 0.487 e. The highest BCUT2D eigenvalue weighted by Gasteiger charge is 2.38. The number of rotatable bonds is 7. The van der Waals surface area contributed by atoms with Crippen molar-refractivity contribution < 1.29 is 23.1 Å². The fourth-order valence-electron chi connectivity index (χ4n) is 4.13. The van der Waals surface area contributed by atoms with Gasteiger partial charge in [0, 0.05) is 25.6 Å². The second-order valence-corrected chi connectivity index (χ2v) is 11.6. The molecule has 2 aromatic rings. The van der Waals surface area contributed by atoms with Gasteiger partial charge in [-0.05, 0) is 51.2 Å². The Bertz CT molecular complexity index is 1130. The smallest absolute Gasteiger partial charge is 0.247 e. The Balaban J connectivity index is 2.06. The maximum Gasteiger partial charge on any atom is 0.247 e. The van der Waals surface area contributed by atoms with Crippen LogP contribution in [0.1, 0.15) is 19.4 Å². The molecule has 0 bridgehead atoms. The molecular weight excluding hydrogens is 466 g/mol. The summed E-state index contributed by atoms with van der Waals surface area (Å²) >= 11 is 0. The molecule has 192 valence electrons. The monoisotopic (exact) mass is 503 g/mol. The van der Waals surface area contributed by atoms with Crippen LogP contribution in [0.3, 0.4) is 0 Å². The maximum atomic E-state index is 13.6. The van der Waals surface area contributed by atoms with Gasteiger partial charge in [-0.3, -0.25) is 4.79 Å². The van der Waals surface area contributed by atoms with Crippen molar-refractivity contribution >= 4 is 15.9 Å².